The third-order valence-electron chi connectivity index (χ3n) is 4.73. The summed E-state index contributed by atoms with van der Waals surface area (Å²) in [5.41, 5.74) is 0.706. The van der Waals surface area contributed by atoms with Crippen LogP contribution < -0.4 is 15.4 Å². The lowest BCUT2D eigenvalue weighted by Gasteiger charge is -2.29. The summed E-state index contributed by atoms with van der Waals surface area (Å²) >= 11 is 0. The number of hydrogen-bond donors (Lipinski definition) is 3. The number of guanidine groups is 1. The van der Waals surface area contributed by atoms with Gasteiger partial charge in [0.2, 0.25) is 0 Å². The lowest BCUT2D eigenvalue weighted by Crippen LogP contribution is -2.45. The van der Waals surface area contributed by atoms with Crippen LogP contribution in [-0.2, 0) is 16.1 Å². The first-order valence-corrected chi connectivity index (χ1v) is 9.64. The summed E-state index contributed by atoms with van der Waals surface area (Å²) in [4.78, 5) is 16.4. The van der Waals surface area contributed by atoms with E-state index in [0.29, 0.717) is 30.4 Å². The van der Waals surface area contributed by atoms with Gasteiger partial charge in [0.1, 0.15) is 11.5 Å². The van der Waals surface area contributed by atoms with Crippen molar-refractivity contribution in [1.82, 2.24) is 10.6 Å². The summed E-state index contributed by atoms with van der Waals surface area (Å²) in [6.45, 7) is 5.37. The summed E-state index contributed by atoms with van der Waals surface area (Å²) in [5, 5.41) is 16.7. The Morgan fingerprint density at radius 2 is 1.96 bits per heavy atom. The molecule has 8 heteroatoms. The van der Waals surface area contributed by atoms with Crippen molar-refractivity contribution >= 4 is 35.9 Å². The molecule has 0 heterocycles. The zero-order valence-electron chi connectivity index (χ0n) is 16.9. The molecule has 158 valence electrons. The van der Waals surface area contributed by atoms with Gasteiger partial charge in [-0.15, -0.1) is 24.0 Å². The Kier molecular flexibility index (Phi) is 11.0. The van der Waals surface area contributed by atoms with Gasteiger partial charge in [0.05, 0.1) is 26.2 Å². The third kappa shape index (κ3) is 7.37. The van der Waals surface area contributed by atoms with Gasteiger partial charge in [0, 0.05) is 18.2 Å². The minimum absolute atomic E-state index is 0. The number of aromatic hydroxyl groups is 1. The van der Waals surface area contributed by atoms with Crippen LogP contribution in [0.3, 0.4) is 0 Å². The van der Waals surface area contributed by atoms with E-state index in [2.05, 4.69) is 15.6 Å². The zero-order valence-corrected chi connectivity index (χ0v) is 19.2. The maximum absolute atomic E-state index is 11.9. The Bertz CT molecular complexity index is 646. The summed E-state index contributed by atoms with van der Waals surface area (Å²) in [5.74, 6) is 1.53. The summed E-state index contributed by atoms with van der Waals surface area (Å²) < 4.78 is 10.3. The van der Waals surface area contributed by atoms with Crippen molar-refractivity contribution in [3.05, 3.63) is 23.8 Å². The number of rotatable bonds is 7. The molecule has 3 N–H and O–H groups in total. The molecule has 1 aromatic rings. The maximum Gasteiger partial charge on any atom is 0.308 e. The van der Waals surface area contributed by atoms with Crippen molar-refractivity contribution in [2.75, 3.05) is 20.3 Å². The van der Waals surface area contributed by atoms with Crippen molar-refractivity contribution in [2.45, 2.75) is 52.1 Å². The molecule has 1 saturated carbocycles. The highest BCUT2D eigenvalue weighted by Gasteiger charge is 2.27. The van der Waals surface area contributed by atoms with Crippen LogP contribution in [0, 0.1) is 5.92 Å². The highest BCUT2D eigenvalue weighted by atomic mass is 127. The number of nitrogens with zero attached hydrogens (tertiary/aromatic N) is 1. The van der Waals surface area contributed by atoms with Gasteiger partial charge in [-0.2, -0.15) is 0 Å². The van der Waals surface area contributed by atoms with Gasteiger partial charge < -0.3 is 25.2 Å². The second-order valence-corrected chi connectivity index (χ2v) is 6.63. The molecule has 0 aromatic heterocycles. The number of ether oxygens (including phenoxy) is 2. The van der Waals surface area contributed by atoms with E-state index in [1.807, 2.05) is 13.8 Å². The van der Waals surface area contributed by atoms with Gasteiger partial charge in [0.25, 0.3) is 0 Å². The fourth-order valence-electron chi connectivity index (χ4n) is 3.23. The van der Waals surface area contributed by atoms with Crippen LogP contribution in [0.5, 0.6) is 11.5 Å². The molecule has 0 unspecified atom stereocenters. The van der Waals surface area contributed by atoms with Crippen molar-refractivity contribution < 1.29 is 19.4 Å². The molecular formula is C20H32IN3O4. The molecule has 1 aliphatic carbocycles. The number of benzene rings is 1. The van der Waals surface area contributed by atoms with E-state index < -0.39 is 0 Å². The van der Waals surface area contributed by atoms with Gasteiger partial charge in [-0.1, -0.05) is 0 Å². The van der Waals surface area contributed by atoms with Gasteiger partial charge in [-0.3, -0.25) is 4.79 Å². The second-order valence-electron chi connectivity index (χ2n) is 6.63. The Labute approximate surface area is 184 Å². The van der Waals surface area contributed by atoms with Crippen LogP contribution in [0.25, 0.3) is 0 Å². The number of phenols is 1. The molecule has 0 aliphatic heterocycles. The molecule has 28 heavy (non-hydrogen) atoms. The van der Waals surface area contributed by atoms with E-state index in [1.165, 1.54) is 0 Å². The predicted octanol–water partition coefficient (Wildman–Crippen LogP) is 3.20. The van der Waals surface area contributed by atoms with Crippen molar-refractivity contribution in [1.29, 1.82) is 0 Å². The number of esters is 1. The van der Waals surface area contributed by atoms with Gasteiger partial charge >= 0.3 is 5.97 Å². The molecule has 2 rings (SSSR count). The molecule has 0 atom stereocenters. The molecule has 0 amide bonds. The molecule has 0 spiro atoms. The number of nitrogens with one attached hydrogen (secondary N) is 2. The molecule has 7 nitrogen and oxygen atoms in total. The Balaban J connectivity index is 0.00000392. The van der Waals surface area contributed by atoms with E-state index in [9.17, 15) is 9.90 Å². The molecule has 0 bridgehead atoms. The lowest BCUT2D eigenvalue weighted by molar-refractivity contribution is -0.149. The first-order chi connectivity index (χ1) is 13.1. The topological polar surface area (TPSA) is 92.2 Å². The molecule has 1 fully saturated rings. The first kappa shape index (κ1) is 24.3. The zero-order chi connectivity index (χ0) is 19.6. The normalized spacial score (nSPS) is 19.3. The van der Waals surface area contributed by atoms with E-state index in [-0.39, 0.29) is 47.7 Å². The van der Waals surface area contributed by atoms with Crippen LogP contribution in [0.15, 0.2) is 23.2 Å². The lowest BCUT2D eigenvalue weighted by atomic mass is 9.86. The van der Waals surface area contributed by atoms with Gasteiger partial charge in [0.15, 0.2) is 5.96 Å². The SMILES string of the molecule is CCNC(=NCc1cc(OC)ccc1O)NC1CCC(C(=O)OCC)CC1.I. The smallest absolute Gasteiger partial charge is 0.308 e. The summed E-state index contributed by atoms with van der Waals surface area (Å²) in [6.07, 6.45) is 3.45. The molecule has 0 saturated heterocycles. The van der Waals surface area contributed by atoms with E-state index in [1.54, 1.807) is 25.3 Å². The van der Waals surface area contributed by atoms with Crippen molar-refractivity contribution in [3.63, 3.8) is 0 Å². The Morgan fingerprint density at radius 1 is 1.25 bits per heavy atom. The van der Waals surface area contributed by atoms with E-state index in [4.69, 9.17) is 9.47 Å². The second kappa shape index (κ2) is 12.7. The number of halogens is 1. The third-order valence-corrected chi connectivity index (χ3v) is 4.73. The van der Waals surface area contributed by atoms with Gasteiger partial charge in [-0.25, -0.2) is 4.99 Å². The number of methoxy groups -OCH3 is 1. The van der Waals surface area contributed by atoms with E-state index in [0.717, 1.165) is 32.2 Å². The van der Waals surface area contributed by atoms with Crippen LogP contribution in [-0.4, -0.2) is 43.3 Å². The van der Waals surface area contributed by atoms with Crippen LogP contribution in [0.4, 0.5) is 0 Å². The standard InChI is InChI=1S/C20H31N3O4.HI/c1-4-21-20(22-13-15-12-17(26-3)10-11-18(15)24)23-16-8-6-14(7-9-16)19(25)27-5-2;/h10-12,14,16,24H,4-9,13H2,1-3H3,(H2,21,22,23);1H. The van der Waals surface area contributed by atoms with Crippen LogP contribution >= 0.6 is 24.0 Å². The largest absolute Gasteiger partial charge is 0.508 e. The Morgan fingerprint density at radius 3 is 2.57 bits per heavy atom. The predicted molar refractivity (Wildman–Crippen MR) is 120 cm³/mol. The average molecular weight is 505 g/mol. The highest BCUT2D eigenvalue weighted by Crippen LogP contribution is 2.26. The number of aliphatic imine (C=N–C) groups is 1. The van der Waals surface area contributed by atoms with Crippen molar-refractivity contribution in [3.8, 4) is 11.5 Å². The molecule has 0 radical (unpaired) electrons. The maximum atomic E-state index is 11.9. The van der Waals surface area contributed by atoms with E-state index >= 15 is 0 Å². The van der Waals surface area contributed by atoms with Crippen LogP contribution in [0.1, 0.15) is 45.1 Å². The van der Waals surface area contributed by atoms with Crippen LogP contribution in [0.2, 0.25) is 0 Å². The monoisotopic (exact) mass is 505 g/mol. The van der Waals surface area contributed by atoms with Crippen molar-refractivity contribution in [2.24, 2.45) is 10.9 Å². The molecular weight excluding hydrogens is 473 g/mol. The summed E-state index contributed by atoms with van der Waals surface area (Å²) in [6, 6.07) is 5.38. The quantitative estimate of drug-likeness (QED) is 0.228. The fraction of sp³-hybridized carbons (Fsp3) is 0.600. The number of hydrogen-bond acceptors (Lipinski definition) is 5. The minimum Gasteiger partial charge on any atom is -0.508 e. The first-order valence-electron chi connectivity index (χ1n) is 9.64. The number of carbonyl (C=O) groups excluding carboxylic acids is 1. The Hall–Kier alpha value is -1.71. The molecule has 1 aromatic carbocycles. The number of carbonyl (C=O) groups is 1. The number of phenolic OH excluding ortho intramolecular Hbond substituents is 1. The fourth-order valence-corrected chi connectivity index (χ4v) is 3.23. The minimum atomic E-state index is -0.0787. The summed E-state index contributed by atoms with van der Waals surface area (Å²) in [7, 11) is 1.59. The van der Waals surface area contributed by atoms with Gasteiger partial charge in [-0.05, 0) is 57.7 Å². The highest BCUT2D eigenvalue weighted by molar-refractivity contribution is 14.0. The molecule has 1 aliphatic rings. The average Bonchev–Trinajstić information content (AvgIpc) is 2.68.